The van der Waals surface area contributed by atoms with Gasteiger partial charge in [0.25, 0.3) is 0 Å². The molecule has 1 nitrogen and oxygen atoms in total. The Balaban J connectivity index is 1.74. The smallest absolute Gasteiger partial charge is 0.104 e. The van der Waals surface area contributed by atoms with Crippen molar-refractivity contribution in [2.24, 2.45) is 0 Å². The average molecular weight is 365 g/mol. The quantitative estimate of drug-likeness (QED) is 0.295. The molecule has 0 heterocycles. The summed E-state index contributed by atoms with van der Waals surface area (Å²) in [6.45, 7) is 6.03. The van der Waals surface area contributed by atoms with Crippen LogP contribution < -0.4 is 0 Å². The van der Waals surface area contributed by atoms with E-state index < -0.39 is 6.10 Å². The van der Waals surface area contributed by atoms with Crippen LogP contribution in [0.3, 0.4) is 0 Å². The van der Waals surface area contributed by atoms with Crippen molar-refractivity contribution in [1.29, 1.82) is 0 Å². The molecule has 0 aliphatic carbocycles. The summed E-state index contributed by atoms with van der Waals surface area (Å²) in [5.41, 5.74) is 4.50. The third-order valence-electron chi connectivity index (χ3n) is 5.29. The van der Waals surface area contributed by atoms with Crippen LogP contribution in [-0.4, -0.2) is 5.11 Å². The van der Waals surface area contributed by atoms with Crippen LogP contribution in [0.15, 0.2) is 61.2 Å². The molecule has 1 unspecified atom stereocenters. The molecule has 2 aromatic rings. The first-order valence-electron chi connectivity index (χ1n) is 10.7. The molecule has 1 atom stereocenters. The zero-order chi connectivity index (χ0) is 19.3. The average Bonchev–Trinajstić information content (AvgIpc) is 2.71. The maximum Gasteiger partial charge on any atom is 0.104 e. The van der Waals surface area contributed by atoms with Gasteiger partial charge in [-0.05, 0) is 41.5 Å². The lowest BCUT2D eigenvalue weighted by Crippen LogP contribution is -2.00. The first-order chi connectivity index (χ1) is 13.2. The Kier molecular flexibility index (Phi) is 9.94. The van der Waals surface area contributed by atoms with Gasteiger partial charge in [0, 0.05) is 0 Å². The van der Waals surface area contributed by atoms with Gasteiger partial charge in [-0.3, -0.25) is 0 Å². The summed E-state index contributed by atoms with van der Waals surface area (Å²) in [5, 5.41) is 10.6. The summed E-state index contributed by atoms with van der Waals surface area (Å²) in [7, 11) is 0. The predicted octanol–water partition coefficient (Wildman–Crippen LogP) is 7.18. The predicted molar refractivity (Wildman–Crippen MR) is 117 cm³/mol. The molecule has 0 radical (unpaired) electrons. The molecule has 0 bridgehead atoms. The third kappa shape index (κ3) is 7.72. The highest BCUT2D eigenvalue weighted by Gasteiger charge is 2.10. The Morgan fingerprint density at radius 3 is 1.74 bits per heavy atom. The van der Waals surface area contributed by atoms with E-state index in [9.17, 15) is 5.11 Å². The summed E-state index contributed by atoms with van der Waals surface area (Å²) in [6.07, 6.45) is 14.2. The van der Waals surface area contributed by atoms with E-state index in [1.807, 2.05) is 18.2 Å². The van der Waals surface area contributed by atoms with Crippen LogP contribution in [0, 0.1) is 0 Å². The fraction of sp³-hybridized carbons (Fsp3) is 0.462. The standard InChI is InChI=1S/C26H36O/c1-3-5-6-7-8-9-10-11-13-23-16-20-25(21-17-23)26(27)24-18-14-22(12-4-2)15-19-24/h4,14-21,26-27H,2-3,5-13H2,1H3. The Hall–Kier alpha value is -1.86. The monoisotopic (exact) mass is 364 g/mol. The van der Waals surface area contributed by atoms with E-state index in [-0.39, 0.29) is 0 Å². The summed E-state index contributed by atoms with van der Waals surface area (Å²) in [6, 6.07) is 16.6. The van der Waals surface area contributed by atoms with E-state index >= 15 is 0 Å². The Bertz CT molecular complexity index is 639. The zero-order valence-electron chi connectivity index (χ0n) is 17.0. The second-order valence-corrected chi connectivity index (χ2v) is 7.60. The molecular formula is C26H36O. The van der Waals surface area contributed by atoms with Gasteiger partial charge in [-0.25, -0.2) is 0 Å². The Morgan fingerprint density at radius 2 is 1.22 bits per heavy atom. The number of aryl methyl sites for hydroxylation is 1. The molecule has 0 spiro atoms. The SMILES string of the molecule is C=CCc1ccc(C(O)c2ccc(CCCCCCCCCC)cc2)cc1. The van der Waals surface area contributed by atoms with Gasteiger partial charge in [-0.2, -0.15) is 0 Å². The van der Waals surface area contributed by atoms with Gasteiger partial charge in [0.1, 0.15) is 6.10 Å². The lowest BCUT2D eigenvalue weighted by atomic mass is 9.97. The molecule has 1 N–H and O–H groups in total. The van der Waals surface area contributed by atoms with Crippen molar-refractivity contribution in [1.82, 2.24) is 0 Å². The summed E-state index contributed by atoms with van der Waals surface area (Å²) in [4.78, 5) is 0. The molecule has 0 aliphatic rings. The van der Waals surface area contributed by atoms with Crippen LogP contribution in [0.1, 0.15) is 86.6 Å². The number of aliphatic hydroxyl groups excluding tert-OH is 1. The number of hydrogen-bond donors (Lipinski definition) is 1. The van der Waals surface area contributed by atoms with Crippen molar-refractivity contribution in [3.63, 3.8) is 0 Å². The van der Waals surface area contributed by atoms with Gasteiger partial charge in [-0.15, -0.1) is 6.58 Å². The van der Waals surface area contributed by atoms with Crippen LogP contribution >= 0.6 is 0 Å². The number of allylic oxidation sites excluding steroid dienone is 1. The molecule has 0 aromatic heterocycles. The molecule has 0 aliphatic heterocycles. The number of rotatable bonds is 13. The first-order valence-corrected chi connectivity index (χ1v) is 10.7. The van der Waals surface area contributed by atoms with Gasteiger partial charge >= 0.3 is 0 Å². The van der Waals surface area contributed by atoms with Crippen LogP contribution in [0.5, 0.6) is 0 Å². The van der Waals surface area contributed by atoms with Gasteiger partial charge in [-0.1, -0.05) is 106 Å². The number of aliphatic hydroxyl groups is 1. The minimum absolute atomic E-state index is 0.556. The van der Waals surface area contributed by atoms with Gasteiger partial charge in [0.15, 0.2) is 0 Å². The van der Waals surface area contributed by atoms with Crippen LogP contribution in [0.2, 0.25) is 0 Å². The number of benzene rings is 2. The lowest BCUT2D eigenvalue weighted by Gasteiger charge is -2.13. The van der Waals surface area contributed by atoms with Gasteiger partial charge in [0.2, 0.25) is 0 Å². The molecule has 1 heteroatoms. The second-order valence-electron chi connectivity index (χ2n) is 7.60. The Morgan fingerprint density at radius 1 is 0.741 bits per heavy atom. The van der Waals surface area contributed by atoms with E-state index in [0.717, 1.165) is 24.0 Å². The molecule has 2 aromatic carbocycles. The van der Waals surface area contributed by atoms with Crippen molar-refractivity contribution in [2.75, 3.05) is 0 Å². The summed E-state index contributed by atoms with van der Waals surface area (Å²) < 4.78 is 0. The maximum atomic E-state index is 10.6. The topological polar surface area (TPSA) is 20.2 Å². The van der Waals surface area contributed by atoms with Crippen LogP contribution in [-0.2, 0) is 12.8 Å². The molecule has 0 saturated heterocycles. The van der Waals surface area contributed by atoms with Crippen molar-refractivity contribution < 1.29 is 5.11 Å². The Labute approximate surface area is 166 Å². The molecule has 146 valence electrons. The van der Waals surface area contributed by atoms with Crippen molar-refractivity contribution >= 4 is 0 Å². The lowest BCUT2D eigenvalue weighted by molar-refractivity contribution is 0.220. The largest absolute Gasteiger partial charge is 0.384 e. The van der Waals surface area contributed by atoms with Crippen molar-refractivity contribution in [3.8, 4) is 0 Å². The van der Waals surface area contributed by atoms with E-state index in [1.165, 1.54) is 62.5 Å². The number of hydrogen-bond acceptors (Lipinski definition) is 1. The summed E-state index contributed by atoms with van der Waals surface area (Å²) >= 11 is 0. The van der Waals surface area contributed by atoms with E-state index in [1.54, 1.807) is 0 Å². The molecule has 2 rings (SSSR count). The highest BCUT2D eigenvalue weighted by Crippen LogP contribution is 2.23. The highest BCUT2D eigenvalue weighted by atomic mass is 16.3. The zero-order valence-corrected chi connectivity index (χ0v) is 17.0. The second kappa shape index (κ2) is 12.5. The van der Waals surface area contributed by atoms with E-state index in [2.05, 4.69) is 49.9 Å². The fourth-order valence-corrected chi connectivity index (χ4v) is 3.52. The molecule has 0 saturated carbocycles. The number of unbranched alkanes of at least 4 members (excludes halogenated alkanes) is 7. The van der Waals surface area contributed by atoms with Crippen molar-refractivity contribution in [3.05, 3.63) is 83.4 Å². The van der Waals surface area contributed by atoms with E-state index in [0.29, 0.717) is 0 Å². The van der Waals surface area contributed by atoms with E-state index in [4.69, 9.17) is 0 Å². The minimum Gasteiger partial charge on any atom is -0.384 e. The fourth-order valence-electron chi connectivity index (χ4n) is 3.52. The third-order valence-corrected chi connectivity index (χ3v) is 5.29. The molecule has 0 amide bonds. The van der Waals surface area contributed by atoms with Gasteiger partial charge < -0.3 is 5.11 Å². The van der Waals surface area contributed by atoms with Crippen LogP contribution in [0.25, 0.3) is 0 Å². The normalized spacial score (nSPS) is 12.1. The maximum absolute atomic E-state index is 10.6. The highest BCUT2D eigenvalue weighted by molar-refractivity contribution is 5.33. The molecular weight excluding hydrogens is 328 g/mol. The van der Waals surface area contributed by atoms with Gasteiger partial charge in [0.05, 0.1) is 0 Å². The summed E-state index contributed by atoms with van der Waals surface area (Å²) in [5.74, 6) is 0. The molecule has 0 fully saturated rings. The minimum atomic E-state index is -0.556. The first kappa shape index (κ1) is 21.4. The van der Waals surface area contributed by atoms with Crippen molar-refractivity contribution in [2.45, 2.75) is 77.2 Å². The molecule has 27 heavy (non-hydrogen) atoms. The van der Waals surface area contributed by atoms with Crippen LogP contribution in [0.4, 0.5) is 0 Å².